The van der Waals surface area contributed by atoms with Gasteiger partial charge in [-0.25, -0.2) is 4.98 Å². The van der Waals surface area contributed by atoms with Gasteiger partial charge in [-0.3, -0.25) is 14.4 Å². The molecule has 3 rings (SSSR count). The van der Waals surface area contributed by atoms with E-state index >= 15 is 0 Å². The van der Waals surface area contributed by atoms with Gasteiger partial charge in [-0.1, -0.05) is 11.6 Å². The minimum Gasteiger partial charge on any atom is -0.374 e. The molecule has 7 nitrogen and oxygen atoms in total. The van der Waals surface area contributed by atoms with Crippen LogP contribution in [0.4, 0.5) is 0 Å². The van der Waals surface area contributed by atoms with Crippen molar-refractivity contribution in [3.05, 3.63) is 24.3 Å². The molecule has 2 heterocycles. The number of ether oxygens (including phenoxy) is 1. The van der Waals surface area contributed by atoms with Gasteiger partial charge in [0.2, 0.25) is 5.91 Å². The van der Waals surface area contributed by atoms with Gasteiger partial charge >= 0.3 is 0 Å². The molecule has 25 heavy (non-hydrogen) atoms. The molecule has 0 radical (unpaired) electrons. The number of aromatic nitrogens is 3. The molecule has 0 unspecified atom stereocenters. The summed E-state index contributed by atoms with van der Waals surface area (Å²) in [6.07, 6.45) is 11.6. The van der Waals surface area contributed by atoms with E-state index in [-0.39, 0.29) is 18.1 Å². The average Bonchev–Trinajstić information content (AvgIpc) is 3.15. The Morgan fingerprint density at radius 3 is 3.16 bits per heavy atom. The number of nitrogens with zero attached hydrogens (tertiary/aromatic N) is 4. The predicted octanol–water partition coefficient (Wildman–Crippen LogP) is 1.37. The lowest BCUT2D eigenvalue weighted by atomic mass is 9.97. The predicted molar refractivity (Wildman–Crippen MR) is 95.0 cm³/mol. The Morgan fingerprint density at radius 2 is 2.40 bits per heavy atom. The first-order valence-electron chi connectivity index (χ1n) is 9.36. The van der Waals surface area contributed by atoms with Crippen LogP contribution in [-0.2, 0) is 16.1 Å². The van der Waals surface area contributed by atoms with Crippen LogP contribution in [-0.4, -0.2) is 64.0 Å². The van der Waals surface area contributed by atoms with Gasteiger partial charge in [0, 0.05) is 19.6 Å². The van der Waals surface area contributed by atoms with Crippen molar-refractivity contribution in [1.82, 2.24) is 25.0 Å². The summed E-state index contributed by atoms with van der Waals surface area (Å²) in [5, 5.41) is 7.22. The first-order valence-corrected chi connectivity index (χ1v) is 9.36. The lowest BCUT2D eigenvalue weighted by Crippen LogP contribution is -2.53. The van der Waals surface area contributed by atoms with E-state index in [2.05, 4.69) is 26.4 Å². The maximum Gasteiger partial charge on any atom is 0.237 e. The molecule has 1 aromatic rings. The fourth-order valence-electron chi connectivity index (χ4n) is 3.53. The summed E-state index contributed by atoms with van der Waals surface area (Å²) in [6, 6.07) is -0.137. The number of hydrogen-bond acceptors (Lipinski definition) is 5. The van der Waals surface area contributed by atoms with Crippen molar-refractivity contribution in [1.29, 1.82) is 0 Å². The Kier molecular flexibility index (Phi) is 6.58. The van der Waals surface area contributed by atoms with Crippen LogP contribution in [0.2, 0.25) is 0 Å². The third-order valence-electron chi connectivity index (χ3n) is 5.09. The van der Waals surface area contributed by atoms with Crippen LogP contribution in [0, 0.1) is 0 Å². The topological polar surface area (TPSA) is 72.3 Å². The number of morpholine rings is 1. The van der Waals surface area contributed by atoms with Crippen molar-refractivity contribution in [3.8, 4) is 0 Å². The molecule has 138 valence electrons. The SMILES string of the molecule is C[C@@H](C(=O)NCCC1=CCCCC1)N1CCO[C@H](Cn2cncn2)C1. The Labute approximate surface area is 149 Å². The lowest BCUT2D eigenvalue weighted by Gasteiger charge is -2.36. The number of carbonyl (C=O) groups excluding carboxylic acids is 1. The maximum absolute atomic E-state index is 12.5. The molecule has 2 aliphatic rings. The van der Waals surface area contributed by atoms with E-state index in [1.807, 2.05) is 6.92 Å². The minimum atomic E-state index is -0.137. The zero-order chi connectivity index (χ0) is 17.5. The fourth-order valence-corrected chi connectivity index (χ4v) is 3.53. The smallest absolute Gasteiger partial charge is 0.237 e. The number of allylic oxidation sites excluding steroid dienone is 1. The van der Waals surface area contributed by atoms with Gasteiger partial charge in [0.15, 0.2) is 0 Å². The Bertz CT molecular complexity index is 572. The van der Waals surface area contributed by atoms with Crippen LogP contribution in [0.15, 0.2) is 24.3 Å². The number of amides is 1. The summed E-state index contributed by atoms with van der Waals surface area (Å²) in [7, 11) is 0. The minimum absolute atomic E-state index is 0.0399. The fraction of sp³-hybridized carbons (Fsp3) is 0.722. The molecule has 0 saturated carbocycles. The van der Waals surface area contributed by atoms with E-state index in [0.717, 1.165) is 26.1 Å². The first kappa shape index (κ1) is 18.1. The zero-order valence-corrected chi connectivity index (χ0v) is 15.1. The molecule has 1 fully saturated rings. The highest BCUT2D eigenvalue weighted by Gasteiger charge is 2.28. The van der Waals surface area contributed by atoms with Crippen LogP contribution in [0.3, 0.4) is 0 Å². The van der Waals surface area contributed by atoms with Gasteiger partial charge in [-0.2, -0.15) is 5.10 Å². The average molecular weight is 347 g/mol. The summed E-state index contributed by atoms with van der Waals surface area (Å²) in [4.78, 5) is 18.6. The maximum atomic E-state index is 12.5. The van der Waals surface area contributed by atoms with Gasteiger partial charge in [-0.05, 0) is 39.0 Å². The summed E-state index contributed by atoms with van der Waals surface area (Å²) < 4.78 is 7.58. The molecule has 1 N–H and O–H groups in total. The van der Waals surface area contributed by atoms with Crippen molar-refractivity contribution in [2.24, 2.45) is 0 Å². The molecule has 1 aliphatic heterocycles. The largest absolute Gasteiger partial charge is 0.374 e. The van der Waals surface area contributed by atoms with Gasteiger partial charge < -0.3 is 10.1 Å². The quantitative estimate of drug-likeness (QED) is 0.755. The lowest BCUT2D eigenvalue weighted by molar-refractivity contribution is -0.129. The molecule has 1 aromatic heterocycles. The van der Waals surface area contributed by atoms with Crippen LogP contribution in [0.25, 0.3) is 0 Å². The summed E-state index contributed by atoms with van der Waals surface area (Å²) in [5.41, 5.74) is 1.50. The molecular formula is C18H29N5O2. The molecule has 0 bridgehead atoms. The summed E-state index contributed by atoms with van der Waals surface area (Å²) in [6.45, 7) is 5.55. The monoisotopic (exact) mass is 347 g/mol. The van der Waals surface area contributed by atoms with Crippen molar-refractivity contribution in [3.63, 3.8) is 0 Å². The second-order valence-corrected chi connectivity index (χ2v) is 6.93. The van der Waals surface area contributed by atoms with E-state index in [0.29, 0.717) is 13.2 Å². The van der Waals surface area contributed by atoms with Crippen molar-refractivity contribution in [2.75, 3.05) is 26.2 Å². The Balaban J connectivity index is 1.42. The van der Waals surface area contributed by atoms with Crippen molar-refractivity contribution >= 4 is 5.91 Å². The number of nitrogens with one attached hydrogen (secondary N) is 1. The van der Waals surface area contributed by atoms with Gasteiger partial charge in [0.05, 0.1) is 25.3 Å². The van der Waals surface area contributed by atoms with E-state index in [1.54, 1.807) is 11.0 Å². The second-order valence-electron chi connectivity index (χ2n) is 6.93. The summed E-state index contributed by atoms with van der Waals surface area (Å²) >= 11 is 0. The first-order chi connectivity index (χ1) is 12.2. The highest BCUT2D eigenvalue weighted by atomic mass is 16.5. The van der Waals surface area contributed by atoms with Crippen molar-refractivity contribution < 1.29 is 9.53 Å². The van der Waals surface area contributed by atoms with Crippen LogP contribution >= 0.6 is 0 Å². The van der Waals surface area contributed by atoms with E-state index in [1.165, 1.54) is 37.6 Å². The van der Waals surface area contributed by atoms with Crippen LogP contribution in [0.5, 0.6) is 0 Å². The second kappa shape index (κ2) is 9.10. The number of carbonyl (C=O) groups is 1. The number of hydrogen-bond donors (Lipinski definition) is 1. The summed E-state index contributed by atoms with van der Waals surface area (Å²) in [5.74, 6) is 0.109. The van der Waals surface area contributed by atoms with Crippen molar-refractivity contribution in [2.45, 2.75) is 57.7 Å². The zero-order valence-electron chi connectivity index (χ0n) is 15.1. The molecule has 2 atom stereocenters. The molecular weight excluding hydrogens is 318 g/mol. The van der Waals surface area contributed by atoms with Gasteiger partial charge in [0.25, 0.3) is 0 Å². The van der Waals surface area contributed by atoms with E-state index in [4.69, 9.17) is 4.74 Å². The van der Waals surface area contributed by atoms with Gasteiger partial charge in [0.1, 0.15) is 12.7 Å². The third kappa shape index (κ3) is 5.37. The molecule has 1 amide bonds. The standard InChI is InChI=1S/C18H29N5O2/c1-15(18(24)20-8-7-16-5-3-2-4-6-16)22-9-10-25-17(11-22)12-23-14-19-13-21-23/h5,13-15,17H,2-4,6-12H2,1H3,(H,20,24)/t15-,17-/m0/s1. The van der Waals surface area contributed by atoms with Crippen LogP contribution < -0.4 is 5.32 Å². The Morgan fingerprint density at radius 1 is 1.48 bits per heavy atom. The van der Waals surface area contributed by atoms with Gasteiger partial charge in [-0.15, -0.1) is 0 Å². The third-order valence-corrected chi connectivity index (χ3v) is 5.09. The molecule has 7 heteroatoms. The van der Waals surface area contributed by atoms with E-state index < -0.39 is 0 Å². The highest BCUT2D eigenvalue weighted by molar-refractivity contribution is 5.81. The van der Waals surface area contributed by atoms with Crippen LogP contribution in [0.1, 0.15) is 39.0 Å². The van der Waals surface area contributed by atoms with E-state index in [9.17, 15) is 4.79 Å². The molecule has 0 spiro atoms. The highest BCUT2D eigenvalue weighted by Crippen LogP contribution is 2.19. The Hall–Kier alpha value is -1.73. The number of rotatable bonds is 7. The normalized spacial score (nSPS) is 23.1. The molecule has 1 aliphatic carbocycles. The molecule has 1 saturated heterocycles. The molecule has 0 aromatic carbocycles.